The van der Waals surface area contributed by atoms with Gasteiger partial charge in [0.2, 0.25) is 0 Å². The second kappa shape index (κ2) is 6.99. The van der Waals surface area contributed by atoms with Gasteiger partial charge in [-0.1, -0.05) is 13.0 Å². The number of ether oxygens (including phenoxy) is 5. The van der Waals surface area contributed by atoms with Crippen LogP contribution in [-0.4, -0.2) is 73.4 Å². The molecular weight excluding hydrogens is 408 g/mol. The predicted octanol–water partition coefficient (Wildman–Crippen LogP) is 0.665. The summed E-state index contributed by atoms with van der Waals surface area (Å²) < 4.78 is 27.2. The lowest BCUT2D eigenvalue weighted by Crippen LogP contribution is -2.66. The topological polar surface area (TPSA) is 121 Å². The van der Waals surface area contributed by atoms with Crippen molar-refractivity contribution in [1.82, 2.24) is 0 Å². The van der Waals surface area contributed by atoms with Crippen LogP contribution in [0.15, 0.2) is 11.6 Å². The first-order chi connectivity index (χ1) is 14.7. The van der Waals surface area contributed by atoms with Gasteiger partial charge < -0.3 is 33.9 Å². The molecule has 5 aliphatic rings. The molecule has 0 aromatic carbocycles. The SMILES string of the molecule is CO[C@@H]1O[C@@H](OC)[C@@](O)([C@@H]2C[C@@]3(C)[C@@H](CC[C@@]45COC(=O)C4=CCC[C@@H]53)C(=O)O2)[C@@H]1O. The summed E-state index contributed by atoms with van der Waals surface area (Å²) in [6, 6.07) is 0. The fourth-order valence-electron chi connectivity index (χ4n) is 7.14. The summed E-state index contributed by atoms with van der Waals surface area (Å²) in [5.41, 5.74) is -2.22. The van der Waals surface area contributed by atoms with Gasteiger partial charge in [-0.05, 0) is 43.4 Å². The van der Waals surface area contributed by atoms with Gasteiger partial charge in [0.1, 0.15) is 18.8 Å². The van der Waals surface area contributed by atoms with E-state index in [1.165, 1.54) is 14.2 Å². The minimum absolute atomic E-state index is 0.0165. The molecular formula is C22H30O9. The number of aliphatic hydroxyl groups excluding tert-OH is 1. The van der Waals surface area contributed by atoms with Gasteiger partial charge in [-0.25, -0.2) is 4.79 Å². The highest BCUT2D eigenvalue weighted by Crippen LogP contribution is 2.66. The van der Waals surface area contributed by atoms with Crippen molar-refractivity contribution in [1.29, 1.82) is 0 Å². The molecule has 0 radical (unpaired) electrons. The van der Waals surface area contributed by atoms with Crippen molar-refractivity contribution < 1.29 is 43.5 Å². The molecule has 9 atom stereocenters. The van der Waals surface area contributed by atoms with Crippen molar-refractivity contribution in [3.05, 3.63) is 11.6 Å². The van der Waals surface area contributed by atoms with Crippen LogP contribution in [0.5, 0.6) is 0 Å². The summed E-state index contributed by atoms with van der Waals surface area (Å²) in [4.78, 5) is 25.6. The molecule has 2 N–H and O–H groups in total. The van der Waals surface area contributed by atoms with Crippen LogP contribution in [0.25, 0.3) is 0 Å². The Labute approximate surface area is 180 Å². The summed E-state index contributed by atoms with van der Waals surface area (Å²) in [6.07, 6.45) is 0.282. The smallest absolute Gasteiger partial charge is 0.334 e. The van der Waals surface area contributed by atoms with Gasteiger partial charge >= 0.3 is 11.9 Å². The summed E-state index contributed by atoms with van der Waals surface area (Å²) in [6.45, 7) is 2.37. The van der Waals surface area contributed by atoms with E-state index in [0.29, 0.717) is 25.9 Å². The molecule has 4 fully saturated rings. The third-order valence-corrected chi connectivity index (χ3v) is 8.66. The first kappa shape index (κ1) is 21.3. The zero-order valence-corrected chi connectivity index (χ0v) is 18.0. The molecule has 0 amide bonds. The quantitative estimate of drug-likeness (QED) is 0.612. The van der Waals surface area contributed by atoms with E-state index in [1.807, 2.05) is 13.0 Å². The van der Waals surface area contributed by atoms with Gasteiger partial charge in [-0.3, -0.25) is 4.79 Å². The first-order valence-electron chi connectivity index (χ1n) is 10.9. The van der Waals surface area contributed by atoms with Crippen molar-refractivity contribution in [3.8, 4) is 0 Å². The van der Waals surface area contributed by atoms with E-state index < -0.39 is 47.2 Å². The molecule has 9 heteroatoms. The largest absolute Gasteiger partial charge is 0.461 e. The fourth-order valence-corrected chi connectivity index (χ4v) is 7.14. The Morgan fingerprint density at radius 2 is 1.97 bits per heavy atom. The van der Waals surface area contributed by atoms with E-state index in [0.717, 1.165) is 18.4 Å². The van der Waals surface area contributed by atoms with Gasteiger partial charge in [0.15, 0.2) is 18.2 Å². The number of allylic oxidation sites excluding steroid dienone is 1. The number of esters is 2. The van der Waals surface area contributed by atoms with Gasteiger partial charge in [0.25, 0.3) is 0 Å². The number of hydrogen-bond donors (Lipinski definition) is 2. The van der Waals surface area contributed by atoms with Gasteiger partial charge in [-0.15, -0.1) is 0 Å². The van der Waals surface area contributed by atoms with Crippen molar-refractivity contribution in [2.45, 2.75) is 69.4 Å². The van der Waals surface area contributed by atoms with Crippen LogP contribution in [0, 0.1) is 22.7 Å². The van der Waals surface area contributed by atoms with Crippen LogP contribution in [-0.2, 0) is 33.3 Å². The van der Waals surface area contributed by atoms with E-state index in [2.05, 4.69) is 0 Å². The van der Waals surface area contributed by atoms with E-state index in [1.54, 1.807) is 0 Å². The van der Waals surface area contributed by atoms with Crippen LogP contribution < -0.4 is 0 Å². The monoisotopic (exact) mass is 438 g/mol. The Balaban J connectivity index is 1.53. The van der Waals surface area contributed by atoms with Crippen molar-refractivity contribution in [2.75, 3.05) is 20.8 Å². The summed E-state index contributed by atoms with van der Waals surface area (Å²) in [5, 5.41) is 22.3. The normalized spacial score (nSPS) is 51.3. The minimum Gasteiger partial charge on any atom is -0.461 e. The highest BCUT2D eigenvalue weighted by Gasteiger charge is 2.70. The third kappa shape index (κ3) is 2.61. The van der Waals surface area contributed by atoms with E-state index in [9.17, 15) is 19.8 Å². The lowest BCUT2D eigenvalue weighted by molar-refractivity contribution is -0.262. The molecule has 172 valence electrons. The average Bonchev–Trinajstić information content (AvgIpc) is 3.22. The van der Waals surface area contributed by atoms with Crippen LogP contribution in [0.2, 0.25) is 0 Å². The lowest BCUT2D eigenvalue weighted by Gasteiger charge is -2.59. The third-order valence-electron chi connectivity index (χ3n) is 8.66. The van der Waals surface area contributed by atoms with E-state index >= 15 is 0 Å². The number of carbonyl (C=O) groups is 2. The number of rotatable bonds is 3. The average molecular weight is 438 g/mol. The van der Waals surface area contributed by atoms with Crippen molar-refractivity contribution in [3.63, 3.8) is 0 Å². The molecule has 0 aromatic rings. The van der Waals surface area contributed by atoms with Crippen LogP contribution in [0.1, 0.15) is 39.0 Å². The number of carbonyl (C=O) groups excluding carboxylic acids is 2. The molecule has 0 aromatic heterocycles. The van der Waals surface area contributed by atoms with Crippen LogP contribution in [0.4, 0.5) is 0 Å². The highest BCUT2D eigenvalue weighted by atomic mass is 16.8. The zero-order valence-electron chi connectivity index (χ0n) is 18.0. The summed E-state index contributed by atoms with van der Waals surface area (Å²) >= 11 is 0. The fraction of sp³-hybridized carbons (Fsp3) is 0.818. The number of fused-ring (bicyclic) bond motifs is 2. The molecule has 3 heterocycles. The van der Waals surface area contributed by atoms with Crippen LogP contribution >= 0.6 is 0 Å². The van der Waals surface area contributed by atoms with Crippen LogP contribution in [0.3, 0.4) is 0 Å². The number of aliphatic hydroxyl groups is 2. The lowest BCUT2D eigenvalue weighted by atomic mass is 9.45. The number of methoxy groups -OCH3 is 2. The second-order valence-electron chi connectivity index (χ2n) is 9.85. The van der Waals surface area contributed by atoms with E-state index in [4.69, 9.17) is 23.7 Å². The highest BCUT2D eigenvalue weighted by molar-refractivity contribution is 5.93. The maximum atomic E-state index is 13.2. The van der Waals surface area contributed by atoms with Gasteiger partial charge in [0.05, 0.1) is 5.92 Å². The molecule has 1 spiro atoms. The maximum Gasteiger partial charge on any atom is 0.334 e. The summed E-state index contributed by atoms with van der Waals surface area (Å²) in [7, 11) is 2.71. The maximum absolute atomic E-state index is 13.2. The van der Waals surface area contributed by atoms with Crippen molar-refractivity contribution in [2.24, 2.45) is 22.7 Å². The van der Waals surface area contributed by atoms with E-state index in [-0.39, 0.29) is 17.8 Å². The molecule has 9 nitrogen and oxygen atoms in total. The molecule has 3 saturated heterocycles. The minimum atomic E-state index is -1.99. The standard InChI is InChI=1S/C22H30O9/c1-20-9-14(22(26)15(23)18(27-2)31-19(22)28-3)30-17(25)11(20)7-8-21-10-29-16(24)12(21)5-4-6-13(20)21/h5,11,13-15,18-19,23,26H,4,6-10H2,1-3H3/t11-,13+,14-,15+,18+,19+,20-,21+,22+/m0/s1. The molecule has 31 heavy (non-hydrogen) atoms. The Morgan fingerprint density at radius 1 is 1.19 bits per heavy atom. The molecule has 5 rings (SSSR count). The van der Waals surface area contributed by atoms with Crippen molar-refractivity contribution >= 4 is 11.9 Å². The predicted molar refractivity (Wildman–Crippen MR) is 103 cm³/mol. The Morgan fingerprint density at radius 3 is 2.68 bits per heavy atom. The Kier molecular flexibility index (Phi) is 4.81. The molecule has 0 bridgehead atoms. The van der Waals surface area contributed by atoms with Gasteiger partial charge in [-0.2, -0.15) is 0 Å². The molecule has 0 unspecified atom stereocenters. The molecule has 3 aliphatic heterocycles. The molecule has 2 aliphatic carbocycles. The first-order valence-corrected chi connectivity index (χ1v) is 10.9. The van der Waals surface area contributed by atoms with Gasteiger partial charge in [0, 0.05) is 25.2 Å². The number of hydrogen-bond acceptors (Lipinski definition) is 9. The molecule has 1 saturated carbocycles. The second-order valence-corrected chi connectivity index (χ2v) is 9.85. The Hall–Kier alpha value is -1.52. The Bertz CT molecular complexity index is 822. The number of cyclic esters (lactones) is 2. The summed E-state index contributed by atoms with van der Waals surface area (Å²) in [5.74, 6) is -0.992. The zero-order chi connectivity index (χ0) is 22.2.